The molecule has 0 spiro atoms. The maximum absolute atomic E-state index is 13.6. The van der Waals surface area contributed by atoms with Crippen molar-refractivity contribution in [2.75, 3.05) is 19.0 Å². The molecule has 0 aliphatic rings. The molecule has 2 rings (SSSR count). The molecule has 2 aromatic carbocycles. The van der Waals surface area contributed by atoms with Gasteiger partial charge in [0.25, 0.3) is 0 Å². The van der Waals surface area contributed by atoms with Crippen molar-refractivity contribution < 1.29 is 13.9 Å². The second kappa shape index (κ2) is 8.29. The highest BCUT2D eigenvalue weighted by Gasteiger charge is 2.08. The van der Waals surface area contributed by atoms with Crippen LogP contribution in [-0.4, -0.2) is 19.6 Å². The molecule has 0 radical (unpaired) electrons. The van der Waals surface area contributed by atoms with Crippen molar-refractivity contribution in [1.82, 2.24) is 5.32 Å². The largest absolute Gasteiger partial charge is 0.494 e. The van der Waals surface area contributed by atoms with Crippen LogP contribution in [-0.2, 0) is 17.8 Å². The van der Waals surface area contributed by atoms with E-state index in [0.29, 0.717) is 5.56 Å². The number of carbonyl (C=O) groups excluding carboxylic acids is 1. The molecule has 23 heavy (non-hydrogen) atoms. The number of hydrogen-bond acceptors (Lipinski definition) is 3. The zero-order valence-electron chi connectivity index (χ0n) is 13.4. The second-order valence-corrected chi connectivity index (χ2v) is 5.17. The number of amides is 1. The first kappa shape index (κ1) is 17.0. The van der Waals surface area contributed by atoms with Gasteiger partial charge in [-0.15, -0.1) is 0 Å². The molecule has 0 heterocycles. The minimum absolute atomic E-state index is 0.109. The van der Waals surface area contributed by atoms with Crippen molar-refractivity contribution in [2.45, 2.75) is 19.9 Å². The van der Waals surface area contributed by atoms with Crippen LogP contribution in [0.3, 0.4) is 0 Å². The molecule has 0 bridgehead atoms. The third kappa shape index (κ3) is 5.07. The zero-order valence-corrected chi connectivity index (χ0v) is 13.4. The highest BCUT2D eigenvalue weighted by atomic mass is 19.1. The van der Waals surface area contributed by atoms with Crippen LogP contribution in [0.2, 0.25) is 0 Å². The Morgan fingerprint density at radius 3 is 2.70 bits per heavy atom. The summed E-state index contributed by atoms with van der Waals surface area (Å²) in [5.41, 5.74) is 2.43. The van der Waals surface area contributed by atoms with Crippen LogP contribution in [0.5, 0.6) is 5.75 Å². The molecule has 0 aromatic heterocycles. The maximum atomic E-state index is 13.6. The predicted molar refractivity (Wildman–Crippen MR) is 89.1 cm³/mol. The first-order chi connectivity index (χ1) is 11.1. The van der Waals surface area contributed by atoms with E-state index in [9.17, 15) is 9.18 Å². The fraction of sp³-hybridized carbons (Fsp3) is 0.278. The van der Waals surface area contributed by atoms with Gasteiger partial charge >= 0.3 is 0 Å². The molecule has 1 amide bonds. The van der Waals surface area contributed by atoms with Gasteiger partial charge in [-0.3, -0.25) is 4.79 Å². The second-order valence-electron chi connectivity index (χ2n) is 5.17. The Labute approximate surface area is 135 Å². The number of benzene rings is 2. The third-order valence-electron chi connectivity index (χ3n) is 3.37. The van der Waals surface area contributed by atoms with Crippen LogP contribution >= 0.6 is 0 Å². The Balaban J connectivity index is 1.98. The number of nitrogens with one attached hydrogen (secondary N) is 2. The lowest BCUT2D eigenvalue weighted by Gasteiger charge is -2.09. The van der Waals surface area contributed by atoms with E-state index in [1.807, 2.05) is 31.2 Å². The normalized spacial score (nSPS) is 10.4. The summed E-state index contributed by atoms with van der Waals surface area (Å²) < 4.78 is 18.5. The van der Waals surface area contributed by atoms with E-state index in [0.717, 1.165) is 24.3 Å². The smallest absolute Gasteiger partial charge is 0.228 e. The zero-order chi connectivity index (χ0) is 16.7. The molecule has 2 aromatic rings. The molecule has 0 atom stereocenters. The van der Waals surface area contributed by atoms with Crippen molar-refractivity contribution in [3.05, 3.63) is 59.4 Å². The molecule has 2 N–H and O–H groups in total. The minimum atomic E-state index is -0.467. The summed E-state index contributed by atoms with van der Waals surface area (Å²) in [7, 11) is 1.41. The molecule has 0 fully saturated rings. The van der Waals surface area contributed by atoms with Gasteiger partial charge in [-0.2, -0.15) is 0 Å². The van der Waals surface area contributed by atoms with E-state index in [1.165, 1.54) is 19.2 Å². The molecule has 5 heteroatoms. The molecule has 0 saturated carbocycles. The standard InChI is InChI=1S/C18H21FN2O2/c1-3-20-12-14-5-4-6-15(9-14)21-18(22)11-13-7-8-17(23-2)16(19)10-13/h4-10,20H,3,11-12H2,1-2H3,(H,21,22). The van der Waals surface area contributed by atoms with E-state index in [2.05, 4.69) is 10.6 Å². The molecule has 0 aliphatic carbocycles. The van der Waals surface area contributed by atoms with E-state index in [-0.39, 0.29) is 18.1 Å². The van der Waals surface area contributed by atoms with E-state index in [1.54, 1.807) is 6.07 Å². The summed E-state index contributed by atoms with van der Waals surface area (Å²) in [5, 5.41) is 6.07. The van der Waals surface area contributed by atoms with Gasteiger partial charge in [0.1, 0.15) is 0 Å². The number of rotatable bonds is 7. The number of hydrogen-bond donors (Lipinski definition) is 2. The lowest BCUT2D eigenvalue weighted by Crippen LogP contribution is -2.15. The van der Waals surface area contributed by atoms with Crippen LogP contribution in [0.15, 0.2) is 42.5 Å². The Kier molecular flexibility index (Phi) is 6.11. The fourth-order valence-electron chi connectivity index (χ4n) is 2.24. The number of halogens is 1. The number of anilines is 1. The number of ether oxygens (including phenoxy) is 1. The number of methoxy groups -OCH3 is 1. The lowest BCUT2D eigenvalue weighted by atomic mass is 10.1. The van der Waals surface area contributed by atoms with Gasteiger partial charge in [-0.05, 0) is 41.9 Å². The predicted octanol–water partition coefficient (Wildman–Crippen LogP) is 3.13. The number of carbonyl (C=O) groups is 1. The van der Waals surface area contributed by atoms with E-state index >= 15 is 0 Å². The lowest BCUT2D eigenvalue weighted by molar-refractivity contribution is -0.115. The van der Waals surface area contributed by atoms with Crippen molar-refractivity contribution in [3.63, 3.8) is 0 Å². The molecule has 0 aliphatic heterocycles. The van der Waals surface area contributed by atoms with Gasteiger partial charge in [-0.1, -0.05) is 25.1 Å². The average molecular weight is 316 g/mol. The van der Waals surface area contributed by atoms with Crippen LogP contribution in [0.1, 0.15) is 18.1 Å². The highest BCUT2D eigenvalue weighted by molar-refractivity contribution is 5.92. The summed E-state index contributed by atoms with van der Waals surface area (Å²) in [6.07, 6.45) is 0.109. The highest BCUT2D eigenvalue weighted by Crippen LogP contribution is 2.18. The van der Waals surface area contributed by atoms with Crippen LogP contribution in [0, 0.1) is 5.82 Å². The summed E-state index contributed by atoms with van der Waals surface area (Å²) in [5.74, 6) is -0.481. The Hall–Kier alpha value is -2.40. The first-order valence-corrected chi connectivity index (χ1v) is 7.54. The Morgan fingerprint density at radius 2 is 2.00 bits per heavy atom. The maximum Gasteiger partial charge on any atom is 0.228 e. The van der Waals surface area contributed by atoms with Gasteiger partial charge in [0.15, 0.2) is 11.6 Å². The van der Waals surface area contributed by atoms with Crippen molar-refractivity contribution >= 4 is 11.6 Å². The quantitative estimate of drug-likeness (QED) is 0.825. The van der Waals surface area contributed by atoms with Crippen molar-refractivity contribution in [1.29, 1.82) is 0 Å². The molecular formula is C18H21FN2O2. The third-order valence-corrected chi connectivity index (χ3v) is 3.37. The summed E-state index contributed by atoms with van der Waals surface area (Å²) >= 11 is 0. The molecule has 4 nitrogen and oxygen atoms in total. The monoisotopic (exact) mass is 316 g/mol. The topological polar surface area (TPSA) is 50.4 Å². The summed E-state index contributed by atoms with van der Waals surface area (Å²) in [4.78, 5) is 12.1. The fourth-order valence-corrected chi connectivity index (χ4v) is 2.24. The van der Waals surface area contributed by atoms with Crippen LogP contribution in [0.4, 0.5) is 10.1 Å². The van der Waals surface area contributed by atoms with Gasteiger partial charge in [0.2, 0.25) is 5.91 Å². The van der Waals surface area contributed by atoms with Crippen LogP contribution in [0.25, 0.3) is 0 Å². The van der Waals surface area contributed by atoms with E-state index < -0.39 is 5.82 Å². The molecular weight excluding hydrogens is 295 g/mol. The molecule has 0 saturated heterocycles. The van der Waals surface area contributed by atoms with Gasteiger partial charge < -0.3 is 15.4 Å². The minimum Gasteiger partial charge on any atom is -0.494 e. The van der Waals surface area contributed by atoms with Gasteiger partial charge in [-0.25, -0.2) is 4.39 Å². The SMILES string of the molecule is CCNCc1cccc(NC(=O)Cc2ccc(OC)c(F)c2)c1. The van der Waals surface area contributed by atoms with E-state index in [4.69, 9.17) is 4.74 Å². The van der Waals surface area contributed by atoms with Crippen molar-refractivity contribution in [3.8, 4) is 5.75 Å². The average Bonchev–Trinajstić information content (AvgIpc) is 2.53. The Bertz CT molecular complexity index is 674. The molecule has 0 unspecified atom stereocenters. The molecule has 122 valence electrons. The van der Waals surface area contributed by atoms with Gasteiger partial charge in [0, 0.05) is 12.2 Å². The Morgan fingerprint density at radius 1 is 1.17 bits per heavy atom. The summed E-state index contributed by atoms with van der Waals surface area (Å²) in [6.45, 7) is 3.68. The summed E-state index contributed by atoms with van der Waals surface area (Å²) in [6, 6.07) is 12.2. The van der Waals surface area contributed by atoms with Crippen molar-refractivity contribution in [2.24, 2.45) is 0 Å². The van der Waals surface area contributed by atoms with Crippen LogP contribution < -0.4 is 15.4 Å². The first-order valence-electron chi connectivity index (χ1n) is 7.54. The van der Waals surface area contributed by atoms with Gasteiger partial charge in [0.05, 0.1) is 13.5 Å².